The van der Waals surface area contributed by atoms with Crippen molar-refractivity contribution in [2.45, 2.75) is 23.9 Å². The summed E-state index contributed by atoms with van der Waals surface area (Å²) >= 11 is 4.31. The van der Waals surface area contributed by atoms with E-state index in [1.807, 2.05) is 0 Å². The van der Waals surface area contributed by atoms with Crippen molar-refractivity contribution in [1.29, 1.82) is 0 Å². The van der Waals surface area contributed by atoms with Crippen molar-refractivity contribution in [3.05, 3.63) is 6.61 Å². The molecule has 2 saturated heterocycles. The first kappa shape index (κ1) is 7.94. The molecule has 0 aliphatic carbocycles. The van der Waals surface area contributed by atoms with Crippen LogP contribution in [0.25, 0.3) is 0 Å². The minimum absolute atomic E-state index is 0. The van der Waals surface area contributed by atoms with Crippen LogP contribution in [0.1, 0.15) is 8.27 Å². The van der Waals surface area contributed by atoms with Gasteiger partial charge in [0.15, 0.2) is 0 Å². The van der Waals surface area contributed by atoms with Gasteiger partial charge in [-0.1, -0.05) is 0 Å². The summed E-state index contributed by atoms with van der Waals surface area (Å²) in [6.07, 6.45) is 0.00804. The van der Waals surface area contributed by atoms with Gasteiger partial charge in [0, 0.05) is 37.7 Å². The molecule has 0 radical (unpaired) electrons. The van der Waals surface area contributed by atoms with E-state index in [0.29, 0.717) is 6.61 Å². The van der Waals surface area contributed by atoms with E-state index in [-0.39, 0.29) is 49.4 Å². The first-order valence-corrected chi connectivity index (χ1v) is 3.40. The Morgan fingerprint density at radius 1 is 1.90 bits per heavy atom. The maximum absolute atomic E-state index is 7.23. The summed E-state index contributed by atoms with van der Waals surface area (Å²) in [4.78, 5) is 0. The van der Waals surface area contributed by atoms with Gasteiger partial charge in [-0.15, -0.1) is 0 Å². The molecule has 10 heavy (non-hydrogen) atoms. The van der Waals surface area contributed by atoms with Crippen molar-refractivity contribution in [3.63, 3.8) is 0 Å². The van der Waals surface area contributed by atoms with Crippen LogP contribution >= 0.6 is 12.6 Å². The maximum atomic E-state index is 7.23. The van der Waals surface area contributed by atoms with E-state index in [9.17, 15) is 0 Å². The summed E-state index contributed by atoms with van der Waals surface area (Å²) in [5.41, 5.74) is -0.437. The molecule has 0 amide bonds. The summed E-state index contributed by atoms with van der Waals surface area (Å²) in [7, 11) is 0. The minimum atomic E-state index is -0.437. The van der Waals surface area contributed by atoms with E-state index in [2.05, 4.69) is 12.6 Å². The van der Waals surface area contributed by atoms with Crippen LogP contribution in [0.5, 0.6) is 0 Å². The van der Waals surface area contributed by atoms with E-state index in [4.69, 9.17) is 10.8 Å². The molecule has 56 valence electrons. The Labute approximate surface area is 91.2 Å². The average molecular weight is 384 g/mol. The Morgan fingerprint density at radius 3 is 2.90 bits per heavy atom. The van der Waals surface area contributed by atoms with E-state index < -0.39 is 5.60 Å². The molecule has 4 heteroatoms. The number of hydrogen-bond donors (Lipinski definition) is 1. The van der Waals surface area contributed by atoms with E-state index in [0.717, 1.165) is 0 Å². The molecule has 2 heterocycles. The van der Waals surface area contributed by atoms with Crippen molar-refractivity contribution in [2.24, 2.45) is 0 Å². The quantitative estimate of drug-likeness (QED) is 0.488. The van der Waals surface area contributed by atoms with E-state index in [1.165, 1.54) is 0 Å². The molecule has 2 nitrogen and oxygen atoms in total. The largest absolute Gasteiger partial charge is 0.543 e. The Hall–Kier alpha value is 1.32. The fourth-order valence-corrected chi connectivity index (χ4v) is 1.42. The molecule has 2 aliphatic heterocycles. The smallest absolute Gasteiger partial charge is 0.0706 e. The number of hydrogen-bond acceptors (Lipinski definition) is 3. The third-order valence-electron chi connectivity index (χ3n) is 1.81. The molecule has 2 bridgehead atoms. The third-order valence-corrected chi connectivity index (χ3v) is 2.57. The molecule has 0 unspecified atom stereocenters. The summed E-state index contributed by atoms with van der Waals surface area (Å²) in [5, 5.41) is 0.0602. The second kappa shape index (κ2) is 2.99. The van der Waals surface area contributed by atoms with Crippen molar-refractivity contribution in [1.82, 2.24) is 0 Å². The monoisotopic (exact) mass is 384 g/mol. The Morgan fingerprint density at radius 2 is 2.70 bits per heavy atom. The van der Waals surface area contributed by atoms with Crippen LogP contribution in [0, 0.1) is 37.7 Å². The Kier molecular flexibility index (Phi) is 2.38. The van der Waals surface area contributed by atoms with Gasteiger partial charge in [-0.3, -0.25) is 0 Å². The normalized spacial score (nSPS) is 52.3. The van der Waals surface area contributed by atoms with Crippen molar-refractivity contribution in [2.75, 3.05) is 6.61 Å². The summed E-state index contributed by atoms with van der Waals surface area (Å²) in [6, 6.07) is 0. The van der Waals surface area contributed by atoms with Gasteiger partial charge in [0.1, 0.15) is 0 Å². The molecule has 2 rings (SSSR count). The zero-order valence-electron chi connectivity index (χ0n) is 6.41. The maximum Gasteiger partial charge on any atom is 0.0706 e. The molecule has 0 spiro atoms. The van der Waals surface area contributed by atoms with Crippen molar-refractivity contribution >= 4 is 12.6 Å². The zero-order valence-corrected chi connectivity index (χ0v) is 10.5. The van der Waals surface area contributed by atoms with Crippen LogP contribution in [-0.4, -0.2) is 23.6 Å². The second-order valence-corrected chi connectivity index (χ2v) is 3.10. The Balaban J connectivity index is 0.000000605. The van der Waals surface area contributed by atoms with Crippen LogP contribution in [0.15, 0.2) is 0 Å². The van der Waals surface area contributed by atoms with Crippen LogP contribution in [-0.2, 0) is 9.47 Å². The SMILES string of the molecule is [2H]C[C@@]12CO[C@@H]([CH-]O1)[C@@H]2S.[U]. The van der Waals surface area contributed by atoms with Crippen LogP contribution in [0.4, 0.5) is 0 Å². The topological polar surface area (TPSA) is 18.5 Å². The standard InChI is InChI=1S/C6H9O2S.U/c1-6-3-7-4(2-8-6)5(6)9;/h2,4-5,9H,3H2,1H3;/q-1;/t4-,5-,6-;/m0./s1/i1D;. The van der Waals surface area contributed by atoms with E-state index in [1.54, 1.807) is 6.61 Å². The van der Waals surface area contributed by atoms with Crippen LogP contribution in [0.2, 0.25) is 0 Å². The van der Waals surface area contributed by atoms with Gasteiger partial charge >= 0.3 is 0 Å². The third kappa shape index (κ3) is 1.19. The number of fused-ring (bicyclic) bond motifs is 2. The number of rotatable bonds is 0. The molecule has 0 aromatic carbocycles. The van der Waals surface area contributed by atoms with Gasteiger partial charge in [0.25, 0.3) is 0 Å². The second-order valence-electron chi connectivity index (χ2n) is 2.54. The van der Waals surface area contributed by atoms with Gasteiger partial charge in [-0.25, -0.2) is 0 Å². The number of ether oxygens (including phenoxy) is 2. The molecule has 3 atom stereocenters. The molecular formula is C6H9O2SU-. The molecular weight excluding hydrogens is 374 g/mol. The van der Waals surface area contributed by atoms with Gasteiger partial charge in [-0.2, -0.15) is 19.2 Å². The van der Waals surface area contributed by atoms with Crippen LogP contribution < -0.4 is 0 Å². The zero-order chi connectivity index (χ0) is 7.19. The molecule has 0 aromatic rings. The fraction of sp³-hybridized carbons (Fsp3) is 0.833. The fourth-order valence-electron chi connectivity index (χ4n) is 1.13. The summed E-state index contributed by atoms with van der Waals surface area (Å²) in [6.45, 7) is 2.40. The van der Waals surface area contributed by atoms with Gasteiger partial charge in [0.05, 0.1) is 12.2 Å². The van der Waals surface area contributed by atoms with Crippen LogP contribution in [0.3, 0.4) is 0 Å². The molecule has 0 N–H and O–H groups in total. The predicted molar refractivity (Wildman–Crippen MR) is 36.3 cm³/mol. The summed E-state index contributed by atoms with van der Waals surface area (Å²) in [5.74, 6) is 0. The first-order valence-electron chi connectivity index (χ1n) is 3.59. The average Bonchev–Trinajstić information content (AvgIpc) is 2.46. The van der Waals surface area contributed by atoms with Gasteiger partial charge in [0.2, 0.25) is 0 Å². The molecule has 2 aliphatic rings. The minimum Gasteiger partial charge on any atom is -0.543 e. The molecule has 2 fully saturated rings. The number of thiol groups is 1. The first-order chi connectivity index (χ1) is 4.78. The van der Waals surface area contributed by atoms with Crippen molar-refractivity contribution < 1.29 is 42.0 Å². The summed E-state index contributed by atoms with van der Waals surface area (Å²) < 4.78 is 17.8. The van der Waals surface area contributed by atoms with Gasteiger partial charge in [-0.05, 0) is 13.0 Å². The predicted octanol–water partition coefficient (Wildman–Crippen LogP) is 0.634. The van der Waals surface area contributed by atoms with E-state index >= 15 is 0 Å². The molecule has 0 aromatic heterocycles. The molecule has 0 saturated carbocycles. The van der Waals surface area contributed by atoms with Crippen molar-refractivity contribution in [3.8, 4) is 0 Å². The van der Waals surface area contributed by atoms with Gasteiger partial charge < -0.3 is 9.47 Å². The Bertz CT molecular complexity index is 150.